The van der Waals surface area contributed by atoms with Crippen LogP contribution < -0.4 is 0 Å². The van der Waals surface area contributed by atoms with E-state index in [2.05, 4.69) is 29.8 Å². The van der Waals surface area contributed by atoms with Crippen LogP contribution in [0, 0.1) is 5.92 Å². The summed E-state index contributed by atoms with van der Waals surface area (Å²) in [5.74, 6) is 0.582. The Bertz CT molecular complexity index is 383. The average molecular weight is 392 g/mol. The van der Waals surface area contributed by atoms with Gasteiger partial charge in [-0.15, -0.1) is 0 Å². The predicted octanol–water partition coefficient (Wildman–Crippen LogP) is 4.99. The summed E-state index contributed by atoms with van der Waals surface area (Å²) in [6.07, 6.45) is 4.88. The highest BCUT2D eigenvalue weighted by atomic mass is 79.9. The molecule has 0 radical (unpaired) electrons. The fourth-order valence-electron chi connectivity index (χ4n) is 2.97. The van der Waals surface area contributed by atoms with Gasteiger partial charge in [-0.25, -0.2) is 4.79 Å². The second-order valence-electron chi connectivity index (χ2n) is 8.00. The van der Waals surface area contributed by atoms with Crippen LogP contribution >= 0.6 is 15.9 Å². The number of carbonyl (C=O) groups excluding carboxylic acids is 1. The van der Waals surface area contributed by atoms with Crippen LogP contribution in [-0.2, 0) is 9.47 Å². The van der Waals surface area contributed by atoms with E-state index < -0.39 is 11.2 Å². The summed E-state index contributed by atoms with van der Waals surface area (Å²) < 4.78 is 12.0. The lowest BCUT2D eigenvalue weighted by Gasteiger charge is -2.40. The molecule has 1 aliphatic carbocycles. The smallest absolute Gasteiger partial charge is 0.410 e. The van der Waals surface area contributed by atoms with E-state index in [1.807, 2.05) is 27.7 Å². The van der Waals surface area contributed by atoms with Crippen molar-refractivity contribution in [3.05, 3.63) is 0 Å². The fraction of sp³-hybridized carbons (Fsp3) is 0.944. The van der Waals surface area contributed by atoms with Gasteiger partial charge >= 0.3 is 6.09 Å². The molecule has 4 nitrogen and oxygen atoms in total. The quantitative estimate of drug-likeness (QED) is 0.598. The Hall–Kier alpha value is -0.290. The van der Waals surface area contributed by atoms with E-state index in [1.165, 1.54) is 19.3 Å². The summed E-state index contributed by atoms with van der Waals surface area (Å²) in [4.78, 5) is 14.1. The summed E-state index contributed by atoms with van der Waals surface area (Å²) in [5.41, 5.74) is -0.878. The van der Waals surface area contributed by atoms with E-state index in [0.29, 0.717) is 24.3 Å². The minimum Gasteiger partial charge on any atom is -0.444 e. The number of carbonyl (C=O) groups is 1. The van der Waals surface area contributed by atoms with Gasteiger partial charge in [-0.1, -0.05) is 35.7 Å². The zero-order chi connectivity index (χ0) is 17.7. The third-order valence-electron chi connectivity index (χ3n) is 4.31. The highest BCUT2D eigenvalue weighted by Crippen LogP contribution is 2.31. The van der Waals surface area contributed by atoms with Crippen LogP contribution in [0.5, 0.6) is 0 Å². The first-order chi connectivity index (χ1) is 10.6. The molecule has 0 aromatic carbocycles. The van der Waals surface area contributed by atoms with Gasteiger partial charge in [0.2, 0.25) is 0 Å². The molecule has 0 aromatic heterocycles. The van der Waals surface area contributed by atoms with Gasteiger partial charge < -0.3 is 14.4 Å². The van der Waals surface area contributed by atoms with Gasteiger partial charge in [-0.05, 0) is 53.4 Å². The maximum atomic E-state index is 12.4. The van der Waals surface area contributed by atoms with Crippen LogP contribution in [0.1, 0.15) is 67.2 Å². The van der Waals surface area contributed by atoms with Gasteiger partial charge in [0.15, 0.2) is 0 Å². The number of ether oxygens (including phenoxy) is 2. The standard InChI is InChI=1S/C18H34BrNO3/c1-7-20(16(21)23-17(3,4)5)13-18(6,12-19)22-15-11-9-8-10-14(15)2/h14-15H,7-13H2,1-6H3. The Morgan fingerprint density at radius 1 is 1.22 bits per heavy atom. The van der Waals surface area contributed by atoms with Crippen molar-refractivity contribution in [1.29, 1.82) is 0 Å². The minimum absolute atomic E-state index is 0.271. The fourth-order valence-corrected chi connectivity index (χ4v) is 3.28. The van der Waals surface area contributed by atoms with Crippen LogP contribution in [0.15, 0.2) is 0 Å². The van der Waals surface area contributed by atoms with Crippen LogP contribution in [0.3, 0.4) is 0 Å². The van der Waals surface area contributed by atoms with Crippen molar-refractivity contribution in [3.63, 3.8) is 0 Å². The largest absolute Gasteiger partial charge is 0.444 e. The molecule has 0 saturated heterocycles. The van der Waals surface area contributed by atoms with E-state index in [0.717, 1.165) is 6.42 Å². The molecule has 0 N–H and O–H groups in total. The lowest BCUT2D eigenvalue weighted by Crippen LogP contribution is -2.50. The molecular formula is C18H34BrNO3. The first-order valence-electron chi connectivity index (χ1n) is 8.82. The highest BCUT2D eigenvalue weighted by molar-refractivity contribution is 9.09. The summed E-state index contributed by atoms with van der Waals surface area (Å²) in [6, 6.07) is 0. The summed E-state index contributed by atoms with van der Waals surface area (Å²) in [6.45, 7) is 13.1. The molecule has 1 saturated carbocycles. The Kier molecular flexibility index (Phi) is 7.85. The maximum absolute atomic E-state index is 12.4. The monoisotopic (exact) mass is 391 g/mol. The van der Waals surface area contributed by atoms with E-state index in [9.17, 15) is 4.79 Å². The molecule has 1 amide bonds. The van der Waals surface area contributed by atoms with E-state index in [1.54, 1.807) is 4.90 Å². The number of hydrogen-bond donors (Lipinski definition) is 0. The molecule has 3 atom stereocenters. The van der Waals surface area contributed by atoms with Crippen molar-refractivity contribution in [2.75, 3.05) is 18.4 Å². The average Bonchev–Trinajstić information content (AvgIpc) is 2.45. The SMILES string of the molecule is CCN(CC(C)(CBr)OC1CCCCC1C)C(=O)OC(C)(C)C. The zero-order valence-electron chi connectivity index (χ0n) is 15.7. The van der Waals surface area contributed by atoms with Crippen molar-refractivity contribution in [2.24, 2.45) is 5.92 Å². The molecule has 136 valence electrons. The van der Waals surface area contributed by atoms with Crippen molar-refractivity contribution < 1.29 is 14.3 Å². The molecule has 0 aliphatic heterocycles. The predicted molar refractivity (Wildman–Crippen MR) is 98.2 cm³/mol. The lowest BCUT2D eigenvalue weighted by atomic mass is 9.87. The summed E-state index contributed by atoms with van der Waals surface area (Å²) >= 11 is 3.58. The first-order valence-corrected chi connectivity index (χ1v) is 9.94. The topological polar surface area (TPSA) is 38.8 Å². The molecule has 23 heavy (non-hydrogen) atoms. The highest BCUT2D eigenvalue weighted by Gasteiger charge is 2.35. The van der Waals surface area contributed by atoms with Gasteiger partial charge in [0.1, 0.15) is 5.60 Å². The van der Waals surface area contributed by atoms with E-state index >= 15 is 0 Å². The van der Waals surface area contributed by atoms with Gasteiger partial charge in [0, 0.05) is 11.9 Å². The van der Waals surface area contributed by atoms with E-state index in [-0.39, 0.29) is 12.2 Å². The molecule has 1 rings (SSSR count). The Morgan fingerprint density at radius 3 is 2.30 bits per heavy atom. The normalized spacial score (nSPS) is 24.8. The van der Waals surface area contributed by atoms with Crippen LogP contribution in [0.2, 0.25) is 0 Å². The minimum atomic E-state index is -0.478. The molecule has 0 aromatic rings. The number of nitrogens with zero attached hydrogens (tertiary/aromatic N) is 1. The number of hydrogen-bond acceptors (Lipinski definition) is 3. The molecule has 0 heterocycles. The number of amides is 1. The third kappa shape index (κ3) is 7.00. The van der Waals surface area contributed by atoms with Crippen molar-refractivity contribution >= 4 is 22.0 Å². The number of alkyl halides is 1. The van der Waals surface area contributed by atoms with Crippen LogP contribution in [-0.4, -0.2) is 46.7 Å². The van der Waals surface area contributed by atoms with Crippen LogP contribution in [0.4, 0.5) is 4.79 Å². The van der Waals surface area contributed by atoms with Crippen LogP contribution in [0.25, 0.3) is 0 Å². The molecule has 1 aliphatic rings. The second kappa shape index (κ2) is 8.70. The van der Waals surface area contributed by atoms with Gasteiger partial charge in [-0.2, -0.15) is 0 Å². The molecule has 0 bridgehead atoms. The molecule has 3 unspecified atom stereocenters. The first kappa shape index (κ1) is 20.8. The molecule has 5 heteroatoms. The Balaban J connectivity index is 2.71. The van der Waals surface area contributed by atoms with Crippen molar-refractivity contribution in [2.45, 2.75) is 84.5 Å². The molecule has 0 spiro atoms. The maximum Gasteiger partial charge on any atom is 0.410 e. The number of likely N-dealkylation sites (N-methyl/N-ethyl adjacent to an activating group) is 1. The Morgan fingerprint density at radius 2 is 1.83 bits per heavy atom. The number of halogens is 1. The van der Waals surface area contributed by atoms with Gasteiger partial charge in [0.05, 0.1) is 18.2 Å². The number of rotatable bonds is 6. The lowest BCUT2D eigenvalue weighted by molar-refractivity contribution is -0.112. The molecular weight excluding hydrogens is 358 g/mol. The zero-order valence-corrected chi connectivity index (χ0v) is 17.2. The third-order valence-corrected chi connectivity index (χ3v) is 5.50. The van der Waals surface area contributed by atoms with Gasteiger partial charge in [-0.3, -0.25) is 0 Å². The summed E-state index contributed by atoms with van der Waals surface area (Å²) in [5, 5.41) is 0.697. The van der Waals surface area contributed by atoms with Crippen molar-refractivity contribution in [1.82, 2.24) is 4.90 Å². The molecule has 1 fully saturated rings. The Labute approximate surface area is 150 Å². The van der Waals surface area contributed by atoms with E-state index in [4.69, 9.17) is 9.47 Å². The second-order valence-corrected chi connectivity index (χ2v) is 8.56. The summed E-state index contributed by atoms with van der Waals surface area (Å²) in [7, 11) is 0. The van der Waals surface area contributed by atoms with Crippen molar-refractivity contribution in [3.8, 4) is 0 Å². The van der Waals surface area contributed by atoms with Gasteiger partial charge in [0.25, 0.3) is 0 Å².